The van der Waals surface area contributed by atoms with E-state index in [-0.39, 0.29) is 5.91 Å². The number of nitrogens with zero attached hydrogens (tertiary/aromatic N) is 1. The topological polar surface area (TPSA) is 57.3 Å². The van der Waals surface area contributed by atoms with Crippen molar-refractivity contribution in [3.05, 3.63) is 65.2 Å². The number of rotatable bonds is 4. The first-order chi connectivity index (χ1) is 11.7. The van der Waals surface area contributed by atoms with E-state index in [4.69, 9.17) is 5.26 Å². The van der Waals surface area contributed by atoms with Crippen molar-refractivity contribution in [1.29, 1.82) is 5.26 Å². The van der Waals surface area contributed by atoms with Crippen molar-refractivity contribution >= 4 is 11.6 Å². The van der Waals surface area contributed by atoms with Crippen LogP contribution in [0.3, 0.4) is 0 Å². The molecule has 0 bridgehead atoms. The van der Waals surface area contributed by atoms with Gasteiger partial charge in [0.1, 0.15) is 12.1 Å². The molecule has 1 unspecified atom stereocenters. The molecule has 2 aromatic carbocycles. The minimum absolute atomic E-state index is 0.0572. The highest BCUT2D eigenvalue weighted by molar-refractivity contribution is 5.92. The van der Waals surface area contributed by atoms with E-state index in [1.54, 1.807) is 18.2 Å². The fourth-order valence-corrected chi connectivity index (χ4v) is 3.53. The summed E-state index contributed by atoms with van der Waals surface area (Å²) < 4.78 is 0. The van der Waals surface area contributed by atoms with Gasteiger partial charge in [-0.3, -0.25) is 4.79 Å². The lowest BCUT2D eigenvalue weighted by atomic mass is 9.87. The van der Waals surface area contributed by atoms with Gasteiger partial charge in [-0.2, -0.15) is 5.26 Å². The van der Waals surface area contributed by atoms with Gasteiger partial charge in [0, 0.05) is 12.0 Å². The lowest BCUT2D eigenvalue weighted by molar-refractivity contribution is -0.905. The number of nitrogens with one attached hydrogen (secondary N) is 2. The number of likely N-dealkylation sites (N-methyl/N-ethyl adjacent to an activating group) is 1. The van der Waals surface area contributed by atoms with Crippen molar-refractivity contribution in [3.63, 3.8) is 0 Å². The number of amides is 1. The highest BCUT2D eigenvalue weighted by Gasteiger charge is 2.28. The number of benzene rings is 2. The summed E-state index contributed by atoms with van der Waals surface area (Å²) in [7, 11) is 2.07. The van der Waals surface area contributed by atoms with Gasteiger partial charge in [0.25, 0.3) is 5.91 Å². The molecule has 1 aliphatic carbocycles. The van der Waals surface area contributed by atoms with Crippen LogP contribution >= 0.6 is 0 Å². The summed E-state index contributed by atoms with van der Waals surface area (Å²) in [6, 6.07) is 18.1. The quantitative estimate of drug-likeness (QED) is 0.906. The van der Waals surface area contributed by atoms with Crippen molar-refractivity contribution < 1.29 is 9.69 Å². The van der Waals surface area contributed by atoms with Crippen molar-refractivity contribution in [2.24, 2.45) is 0 Å². The van der Waals surface area contributed by atoms with E-state index in [1.165, 1.54) is 16.0 Å². The van der Waals surface area contributed by atoms with E-state index >= 15 is 0 Å². The largest absolute Gasteiger partial charge is 0.323 e. The molecule has 0 saturated heterocycles. The second kappa shape index (κ2) is 7.29. The van der Waals surface area contributed by atoms with Gasteiger partial charge in [0.15, 0.2) is 6.54 Å². The number of carbonyl (C=O) groups is 1. The molecule has 0 aliphatic heterocycles. The Bertz CT molecular complexity index is 778. The fourth-order valence-electron chi connectivity index (χ4n) is 3.53. The fraction of sp³-hybridized carbons (Fsp3) is 0.300. The van der Waals surface area contributed by atoms with Crippen LogP contribution in [0.5, 0.6) is 0 Å². The Kier molecular flexibility index (Phi) is 4.93. The van der Waals surface area contributed by atoms with Crippen LogP contribution in [0.1, 0.15) is 35.6 Å². The first-order valence-corrected chi connectivity index (χ1v) is 8.38. The summed E-state index contributed by atoms with van der Waals surface area (Å²) in [5, 5.41) is 12.0. The number of aryl methyl sites for hydroxylation is 1. The Morgan fingerprint density at radius 3 is 2.83 bits per heavy atom. The van der Waals surface area contributed by atoms with Crippen LogP contribution in [0.15, 0.2) is 48.5 Å². The van der Waals surface area contributed by atoms with E-state index in [0.717, 1.165) is 19.3 Å². The average molecular weight is 320 g/mol. The Labute approximate surface area is 142 Å². The van der Waals surface area contributed by atoms with Crippen LogP contribution in [0.2, 0.25) is 0 Å². The van der Waals surface area contributed by atoms with Crippen molar-refractivity contribution in [1.82, 2.24) is 0 Å². The Balaban J connectivity index is 1.68. The Morgan fingerprint density at radius 1 is 1.25 bits per heavy atom. The minimum Gasteiger partial charge on any atom is -0.323 e. The number of nitriles is 1. The van der Waals surface area contributed by atoms with Gasteiger partial charge in [-0.05, 0) is 30.5 Å². The molecule has 0 radical (unpaired) electrons. The highest BCUT2D eigenvalue weighted by Crippen LogP contribution is 2.27. The third-order valence-corrected chi connectivity index (χ3v) is 4.73. The number of hydrogen-bond acceptors (Lipinski definition) is 2. The predicted molar refractivity (Wildman–Crippen MR) is 93.7 cm³/mol. The average Bonchev–Trinajstić information content (AvgIpc) is 2.61. The summed E-state index contributed by atoms with van der Waals surface area (Å²) in [6.45, 7) is 0.388. The van der Waals surface area contributed by atoms with Crippen molar-refractivity contribution in [2.45, 2.75) is 25.3 Å². The zero-order chi connectivity index (χ0) is 16.9. The number of quaternary nitrogens is 1. The third-order valence-electron chi connectivity index (χ3n) is 4.73. The molecular formula is C20H22N3O+. The van der Waals surface area contributed by atoms with Gasteiger partial charge in [-0.1, -0.05) is 36.4 Å². The Morgan fingerprint density at radius 2 is 2.00 bits per heavy atom. The van der Waals surface area contributed by atoms with Gasteiger partial charge < -0.3 is 10.2 Å². The number of carbonyl (C=O) groups excluding carboxylic acids is 1. The van der Waals surface area contributed by atoms with E-state index in [1.807, 2.05) is 6.07 Å². The van der Waals surface area contributed by atoms with E-state index in [9.17, 15) is 4.79 Å². The normalized spacial score (nSPS) is 17.4. The highest BCUT2D eigenvalue weighted by atomic mass is 16.2. The van der Waals surface area contributed by atoms with Gasteiger partial charge in [-0.15, -0.1) is 0 Å². The zero-order valence-electron chi connectivity index (χ0n) is 13.9. The summed E-state index contributed by atoms with van der Waals surface area (Å²) >= 11 is 0. The van der Waals surface area contributed by atoms with Crippen molar-refractivity contribution in [2.75, 3.05) is 18.9 Å². The standard InChI is InChI=1S/C20H21N3O/c1-23(19-12-6-9-15-7-2-4-10-17(15)19)14-20(24)22-18-11-5-3-8-16(18)13-21/h2-5,7-8,10-11,19H,6,9,12,14H2,1H3,(H,22,24)/p+1/t19-/m0/s1. The molecule has 2 N–H and O–H groups in total. The van der Waals surface area contributed by atoms with Crippen LogP contribution in [0, 0.1) is 11.3 Å². The van der Waals surface area contributed by atoms with Gasteiger partial charge in [-0.25, -0.2) is 0 Å². The number of para-hydroxylation sites is 1. The molecule has 1 aliphatic rings. The van der Waals surface area contributed by atoms with Crippen LogP contribution in [0.25, 0.3) is 0 Å². The lowest BCUT2D eigenvalue weighted by Crippen LogP contribution is -3.10. The smallest absolute Gasteiger partial charge is 0.279 e. The molecule has 1 amide bonds. The van der Waals surface area contributed by atoms with Crippen molar-refractivity contribution in [3.8, 4) is 6.07 Å². The summed E-state index contributed by atoms with van der Waals surface area (Å²) in [6.07, 6.45) is 3.39. The molecule has 0 saturated carbocycles. The van der Waals surface area contributed by atoms with Crippen LogP contribution in [-0.4, -0.2) is 19.5 Å². The maximum absolute atomic E-state index is 12.4. The van der Waals surface area contributed by atoms with E-state index in [0.29, 0.717) is 23.8 Å². The minimum atomic E-state index is -0.0572. The molecule has 4 heteroatoms. The molecular weight excluding hydrogens is 298 g/mol. The van der Waals surface area contributed by atoms with Gasteiger partial charge >= 0.3 is 0 Å². The second-order valence-corrected chi connectivity index (χ2v) is 6.37. The molecule has 2 atom stereocenters. The molecule has 0 aromatic heterocycles. The van der Waals surface area contributed by atoms with Crippen LogP contribution in [0.4, 0.5) is 5.69 Å². The molecule has 122 valence electrons. The second-order valence-electron chi connectivity index (χ2n) is 6.37. The summed E-state index contributed by atoms with van der Waals surface area (Å²) in [5.74, 6) is -0.0572. The molecule has 4 nitrogen and oxygen atoms in total. The summed E-state index contributed by atoms with van der Waals surface area (Å²) in [4.78, 5) is 13.6. The zero-order valence-corrected chi connectivity index (χ0v) is 13.9. The number of anilines is 1. The first-order valence-electron chi connectivity index (χ1n) is 8.38. The molecule has 2 aromatic rings. The molecule has 24 heavy (non-hydrogen) atoms. The predicted octanol–water partition coefficient (Wildman–Crippen LogP) is 2.09. The first kappa shape index (κ1) is 16.2. The van der Waals surface area contributed by atoms with Gasteiger partial charge in [0.05, 0.1) is 18.3 Å². The van der Waals surface area contributed by atoms with E-state index in [2.05, 4.69) is 42.7 Å². The number of fused-ring (bicyclic) bond motifs is 1. The lowest BCUT2D eigenvalue weighted by Gasteiger charge is -2.30. The third kappa shape index (κ3) is 3.47. The molecule has 0 heterocycles. The van der Waals surface area contributed by atoms with Crippen LogP contribution < -0.4 is 10.2 Å². The Hall–Kier alpha value is -2.64. The monoisotopic (exact) mass is 320 g/mol. The molecule has 0 spiro atoms. The van der Waals surface area contributed by atoms with Gasteiger partial charge in [0.2, 0.25) is 0 Å². The maximum atomic E-state index is 12.4. The van der Waals surface area contributed by atoms with E-state index < -0.39 is 0 Å². The molecule has 0 fully saturated rings. The molecule has 3 rings (SSSR count). The number of hydrogen-bond donors (Lipinski definition) is 2. The summed E-state index contributed by atoms with van der Waals surface area (Å²) in [5.41, 5.74) is 3.85. The SMILES string of the molecule is C[NH+](CC(=O)Nc1ccccc1C#N)[C@H]1CCCc2ccccc21. The van der Waals surface area contributed by atoms with Crippen LogP contribution in [-0.2, 0) is 11.2 Å². The maximum Gasteiger partial charge on any atom is 0.279 e.